The SMILES string of the molecule is CCCCC(=O)NCC1CC(=O)N(CCc2ccc(OC)c(OC)c2)C1. The van der Waals surface area contributed by atoms with Crippen molar-refractivity contribution in [1.82, 2.24) is 10.2 Å². The Morgan fingerprint density at radius 1 is 1.27 bits per heavy atom. The summed E-state index contributed by atoms with van der Waals surface area (Å²) >= 11 is 0. The molecule has 1 heterocycles. The van der Waals surface area contributed by atoms with E-state index in [1.165, 1.54) is 0 Å². The molecule has 144 valence electrons. The van der Waals surface area contributed by atoms with Crippen LogP contribution in [-0.2, 0) is 16.0 Å². The van der Waals surface area contributed by atoms with E-state index in [2.05, 4.69) is 12.2 Å². The van der Waals surface area contributed by atoms with Gasteiger partial charge in [0.2, 0.25) is 11.8 Å². The van der Waals surface area contributed by atoms with Crippen molar-refractivity contribution in [2.24, 2.45) is 5.92 Å². The van der Waals surface area contributed by atoms with Crippen LogP contribution in [0.1, 0.15) is 38.2 Å². The van der Waals surface area contributed by atoms with E-state index >= 15 is 0 Å². The summed E-state index contributed by atoms with van der Waals surface area (Å²) in [6.07, 6.45) is 3.77. The van der Waals surface area contributed by atoms with Gasteiger partial charge in [-0.1, -0.05) is 19.4 Å². The lowest BCUT2D eigenvalue weighted by atomic mass is 10.1. The van der Waals surface area contributed by atoms with E-state index in [0.717, 1.165) is 24.8 Å². The second-order valence-corrected chi connectivity index (χ2v) is 6.76. The molecule has 1 unspecified atom stereocenters. The molecule has 6 nitrogen and oxygen atoms in total. The van der Waals surface area contributed by atoms with Crippen molar-refractivity contribution < 1.29 is 19.1 Å². The van der Waals surface area contributed by atoms with Gasteiger partial charge in [0, 0.05) is 38.4 Å². The number of hydrogen-bond acceptors (Lipinski definition) is 4. The summed E-state index contributed by atoms with van der Waals surface area (Å²) in [5.74, 6) is 1.86. The molecule has 1 saturated heterocycles. The Kier molecular flexibility index (Phi) is 7.75. The first-order valence-corrected chi connectivity index (χ1v) is 9.32. The zero-order valence-corrected chi connectivity index (χ0v) is 16.0. The van der Waals surface area contributed by atoms with Gasteiger partial charge < -0.3 is 19.7 Å². The largest absolute Gasteiger partial charge is 0.493 e. The zero-order valence-electron chi connectivity index (χ0n) is 16.0. The molecule has 6 heteroatoms. The molecule has 1 N–H and O–H groups in total. The highest BCUT2D eigenvalue weighted by Gasteiger charge is 2.29. The minimum absolute atomic E-state index is 0.0862. The Morgan fingerprint density at radius 3 is 2.73 bits per heavy atom. The van der Waals surface area contributed by atoms with Crippen LogP contribution in [0.5, 0.6) is 11.5 Å². The number of unbranched alkanes of at least 4 members (excludes halogenated alkanes) is 1. The summed E-state index contributed by atoms with van der Waals surface area (Å²) in [5.41, 5.74) is 1.10. The second-order valence-electron chi connectivity index (χ2n) is 6.76. The molecule has 0 aromatic heterocycles. The van der Waals surface area contributed by atoms with E-state index in [1.807, 2.05) is 23.1 Å². The quantitative estimate of drug-likeness (QED) is 0.694. The highest BCUT2D eigenvalue weighted by Crippen LogP contribution is 2.28. The van der Waals surface area contributed by atoms with Crippen LogP contribution in [0.25, 0.3) is 0 Å². The fourth-order valence-corrected chi connectivity index (χ4v) is 3.19. The fourth-order valence-electron chi connectivity index (χ4n) is 3.19. The molecule has 1 atom stereocenters. The maximum atomic E-state index is 12.2. The van der Waals surface area contributed by atoms with Gasteiger partial charge in [0.05, 0.1) is 14.2 Å². The highest BCUT2D eigenvalue weighted by atomic mass is 16.5. The number of rotatable bonds is 10. The third-order valence-corrected chi connectivity index (χ3v) is 4.76. The maximum Gasteiger partial charge on any atom is 0.223 e. The molecular weight excluding hydrogens is 332 g/mol. The second kappa shape index (κ2) is 10.0. The van der Waals surface area contributed by atoms with E-state index in [9.17, 15) is 9.59 Å². The van der Waals surface area contributed by atoms with Gasteiger partial charge in [0.1, 0.15) is 0 Å². The summed E-state index contributed by atoms with van der Waals surface area (Å²) in [6, 6.07) is 5.83. The normalized spacial score (nSPS) is 16.7. The first-order chi connectivity index (χ1) is 12.6. The first-order valence-electron chi connectivity index (χ1n) is 9.32. The molecule has 0 bridgehead atoms. The van der Waals surface area contributed by atoms with E-state index in [-0.39, 0.29) is 17.7 Å². The van der Waals surface area contributed by atoms with Gasteiger partial charge in [-0.3, -0.25) is 9.59 Å². The van der Waals surface area contributed by atoms with Crippen LogP contribution < -0.4 is 14.8 Å². The van der Waals surface area contributed by atoms with Crippen molar-refractivity contribution >= 4 is 11.8 Å². The monoisotopic (exact) mass is 362 g/mol. The van der Waals surface area contributed by atoms with Crippen molar-refractivity contribution in [2.45, 2.75) is 39.0 Å². The number of carbonyl (C=O) groups excluding carboxylic acids is 2. The van der Waals surface area contributed by atoms with Gasteiger partial charge in [-0.05, 0) is 30.5 Å². The summed E-state index contributed by atoms with van der Waals surface area (Å²) < 4.78 is 10.6. The van der Waals surface area contributed by atoms with Crippen molar-refractivity contribution in [2.75, 3.05) is 33.9 Å². The minimum atomic E-state index is 0.0862. The van der Waals surface area contributed by atoms with Crippen LogP contribution >= 0.6 is 0 Å². The van der Waals surface area contributed by atoms with Gasteiger partial charge in [-0.2, -0.15) is 0 Å². The number of ether oxygens (including phenoxy) is 2. The lowest BCUT2D eigenvalue weighted by molar-refractivity contribution is -0.127. The Labute approximate surface area is 155 Å². The molecule has 1 aliphatic heterocycles. The standard InChI is InChI=1S/C20H30N2O4/c1-4-5-6-19(23)21-13-16-12-20(24)22(14-16)10-9-15-7-8-17(25-2)18(11-15)26-3/h7-8,11,16H,4-6,9-10,12-14H2,1-3H3,(H,21,23). The predicted molar refractivity (Wildman–Crippen MR) is 100 cm³/mol. The molecule has 1 aromatic rings. The molecule has 1 fully saturated rings. The van der Waals surface area contributed by atoms with E-state index in [4.69, 9.17) is 9.47 Å². The predicted octanol–water partition coefficient (Wildman–Crippen LogP) is 2.40. The number of nitrogens with zero attached hydrogens (tertiary/aromatic N) is 1. The maximum absolute atomic E-state index is 12.2. The van der Waals surface area contributed by atoms with Gasteiger partial charge in [-0.25, -0.2) is 0 Å². The zero-order chi connectivity index (χ0) is 18.9. The summed E-state index contributed by atoms with van der Waals surface area (Å²) in [5, 5.41) is 2.95. The average molecular weight is 362 g/mol. The van der Waals surface area contributed by atoms with Crippen LogP contribution in [0.3, 0.4) is 0 Å². The number of hydrogen-bond donors (Lipinski definition) is 1. The van der Waals surface area contributed by atoms with Crippen LogP contribution in [0.15, 0.2) is 18.2 Å². The number of methoxy groups -OCH3 is 2. The molecular formula is C20H30N2O4. The van der Waals surface area contributed by atoms with E-state index in [1.54, 1.807) is 14.2 Å². The highest BCUT2D eigenvalue weighted by molar-refractivity contribution is 5.79. The Bertz CT molecular complexity index is 618. The van der Waals surface area contributed by atoms with Crippen molar-refractivity contribution in [3.05, 3.63) is 23.8 Å². The number of nitrogens with one attached hydrogen (secondary N) is 1. The van der Waals surface area contributed by atoms with Gasteiger partial charge in [0.25, 0.3) is 0 Å². The fraction of sp³-hybridized carbons (Fsp3) is 0.600. The van der Waals surface area contributed by atoms with E-state index in [0.29, 0.717) is 44.0 Å². The summed E-state index contributed by atoms with van der Waals surface area (Å²) in [6.45, 7) is 4.04. The van der Waals surface area contributed by atoms with Crippen molar-refractivity contribution in [1.29, 1.82) is 0 Å². The molecule has 0 saturated carbocycles. The van der Waals surface area contributed by atoms with E-state index < -0.39 is 0 Å². The van der Waals surface area contributed by atoms with Gasteiger partial charge in [0.15, 0.2) is 11.5 Å². The topological polar surface area (TPSA) is 67.9 Å². The number of benzene rings is 1. The molecule has 1 aliphatic rings. The van der Waals surface area contributed by atoms with Gasteiger partial charge >= 0.3 is 0 Å². The summed E-state index contributed by atoms with van der Waals surface area (Å²) in [4.78, 5) is 25.8. The Balaban J connectivity index is 1.80. The van der Waals surface area contributed by atoms with Crippen LogP contribution in [0.2, 0.25) is 0 Å². The Morgan fingerprint density at radius 2 is 2.04 bits per heavy atom. The van der Waals surface area contributed by atoms with Crippen molar-refractivity contribution in [3.63, 3.8) is 0 Å². The molecule has 26 heavy (non-hydrogen) atoms. The molecule has 2 rings (SSSR count). The first kappa shape index (κ1) is 20.1. The molecule has 0 aliphatic carbocycles. The third kappa shape index (κ3) is 5.64. The third-order valence-electron chi connectivity index (χ3n) is 4.76. The summed E-state index contributed by atoms with van der Waals surface area (Å²) in [7, 11) is 3.23. The van der Waals surface area contributed by atoms with Crippen LogP contribution in [0.4, 0.5) is 0 Å². The van der Waals surface area contributed by atoms with Crippen LogP contribution in [-0.4, -0.2) is 50.6 Å². The lowest BCUT2D eigenvalue weighted by Gasteiger charge is -2.17. The average Bonchev–Trinajstić information content (AvgIpc) is 3.02. The van der Waals surface area contributed by atoms with Crippen LogP contribution in [0, 0.1) is 5.92 Å². The smallest absolute Gasteiger partial charge is 0.223 e. The Hall–Kier alpha value is -2.24. The number of carbonyl (C=O) groups is 2. The number of likely N-dealkylation sites (tertiary alicyclic amines) is 1. The minimum Gasteiger partial charge on any atom is -0.493 e. The molecule has 2 amide bonds. The van der Waals surface area contributed by atoms with Crippen molar-refractivity contribution in [3.8, 4) is 11.5 Å². The number of amides is 2. The lowest BCUT2D eigenvalue weighted by Crippen LogP contribution is -2.31. The molecule has 1 aromatic carbocycles. The molecule has 0 radical (unpaired) electrons. The van der Waals surface area contributed by atoms with Gasteiger partial charge in [-0.15, -0.1) is 0 Å². The molecule has 0 spiro atoms.